The molecule has 0 radical (unpaired) electrons. The molecule has 0 aromatic heterocycles. The largest absolute Gasteiger partial charge is 0.376 e. The standard InChI is InChI=1S/C19H31N3O2/c1-3-20-19(22-13-18-10-7-11-24-18)21-12-16(2)14-23-15-17-8-5-4-6-9-17/h4-6,8-9,16,18H,3,7,10-15H2,1-2H3,(H2,20,21,22). The Morgan fingerprint density at radius 3 is 2.88 bits per heavy atom. The third-order valence-electron chi connectivity index (χ3n) is 3.94. The molecule has 0 amide bonds. The van der Waals surface area contributed by atoms with Crippen LogP contribution in [0.1, 0.15) is 32.3 Å². The molecule has 1 aliphatic rings. The Balaban J connectivity index is 1.66. The average molecular weight is 333 g/mol. The van der Waals surface area contributed by atoms with Crippen molar-refractivity contribution in [3.63, 3.8) is 0 Å². The van der Waals surface area contributed by atoms with Crippen LogP contribution in [-0.2, 0) is 16.1 Å². The Labute approximate surface area is 145 Å². The topological polar surface area (TPSA) is 54.9 Å². The van der Waals surface area contributed by atoms with Crippen LogP contribution >= 0.6 is 0 Å². The third-order valence-corrected chi connectivity index (χ3v) is 3.94. The predicted molar refractivity (Wildman–Crippen MR) is 98.2 cm³/mol. The van der Waals surface area contributed by atoms with Gasteiger partial charge >= 0.3 is 0 Å². The number of ether oxygens (including phenoxy) is 2. The zero-order valence-electron chi connectivity index (χ0n) is 15.0. The summed E-state index contributed by atoms with van der Waals surface area (Å²) in [6, 6.07) is 10.3. The van der Waals surface area contributed by atoms with Crippen LogP contribution < -0.4 is 10.6 Å². The molecule has 134 valence electrons. The van der Waals surface area contributed by atoms with Crippen LogP contribution in [0, 0.1) is 5.92 Å². The molecule has 1 saturated heterocycles. The molecule has 24 heavy (non-hydrogen) atoms. The number of guanidine groups is 1. The minimum Gasteiger partial charge on any atom is -0.376 e. The van der Waals surface area contributed by atoms with Crippen LogP contribution in [-0.4, -0.2) is 44.9 Å². The van der Waals surface area contributed by atoms with E-state index in [0.29, 0.717) is 25.2 Å². The Morgan fingerprint density at radius 2 is 2.17 bits per heavy atom. The molecule has 1 fully saturated rings. The Kier molecular flexibility index (Phi) is 8.63. The van der Waals surface area contributed by atoms with Gasteiger partial charge in [0.1, 0.15) is 0 Å². The Morgan fingerprint density at radius 1 is 1.33 bits per heavy atom. The lowest BCUT2D eigenvalue weighted by Crippen LogP contribution is -2.41. The van der Waals surface area contributed by atoms with E-state index in [9.17, 15) is 0 Å². The summed E-state index contributed by atoms with van der Waals surface area (Å²) in [6.07, 6.45) is 2.62. The van der Waals surface area contributed by atoms with E-state index in [2.05, 4.69) is 41.6 Å². The second kappa shape index (κ2) is 11.0. The van der Waals surface area contributed by atoms with E-state index in [0.717, 1.165) is 45.0 Å². The lowest BCUT2D eigenvalue weighted by atomic mass is 10.2. The summed E-state index contributed by atoms with van der Waals surface area (Å²) in [6.45, 7) is 8.93. The fourth-order valence-electron chi connectivity index (χ4n) is 2.61. The summed E-state index contributed by atoms with van der Waals surface area (Å²) >= 11 is 0. The van der Waals surface area contributed by atoms with Crippen molar-refractivity contribution in [3.05, 3.63) is 35.9 Å². The molecule has 2 atom stereocenters. The van der Waals surface area contributed by atoms with Crippen molar-refractivity contribution in [2.45, 2.75) is 39.4 Å². The quantitative estimate of drug-likeness (QED) is 0.539. The van der Waals surface area contributed by atoms with Crippen molar-refractivity contribution in [2.24, 2.45) is 10.9 Å². The number of rotatable bonds is 9. The van der Waals surface area contributed by atoms with Crippen LogP contribution in [0.5, 0.6) is 0 Å². The minimum atomic E-state index is 0.320. The second-order valence-corrected chi connectivity index (χ2v) is 6.34. The summed E-state index contributed by atoms with van der Waals surface area (Å²) in [5.41, 5.74) is 1.21. The smallest absolute Gasteiger partial charge is 0.191 e. The highest BCUT2D eigenvalue weighted by Gasteiger charge is 2.15. The second-order valence-electron chi connectivity index (χ2n) is 6.34. The van der Waals surface area contributed by atoms with E-state index < -0.39 is 0 Å². The van der Waals surface area contributed by atoms with Gasteiger partial charge < -0.3 is 20.1 Å². The molecule has 2 N–H and O–H groups in total. The highest BCUT2D eigenvalue weighted by Crippen LogP contribution is 2.10. The number of benzene rings is 1. The van der Waals surface area contributed by atoms with Gasteiger partial charge in [0.25, 0.3) is 0 Å². The van der Waals surface area contributed by atoms with E-state index in [1.54, 1.807) is 0 Å². The molecular weight excluding hydrogens is 302 g/mol. The van der Waals surface area contributed by atoms with Crippen molar-refractivity contribution in [1.29, 1.82) is 0 Å². The molecule has 2 unspecified atom stereocenters. The minimum absolute atomic E-state index is 0.320. The summed E-state index contributed by atoms with van der Waals surface area (Å²) in [4.78, 5) is 4.66. The number of nitrogens with one attached hydrogen (secondary N) is 2. The number of hydrogen-bond donors (Lipinski definition) is 2. The van der Waals surface area contributed by atoms with Gasteiger partial charge in [-0.05, 0) is 31.2 Å². The van der Waals surface area contributed by atoms with Crippen molar-refractivity contribution in [1.82, 2.24) is 10.6 Å². The van der Waals surface area contributed by atoms with Gasteiger partial charge in [0, 0.05) is 26.2 Å². The fourth-order valence-corrected chi connectivity index (χ4v) is 2.61. The lowest BCUT2D eigenvalue weighted by molar-refractivity contribution is 0.0944. The van der Waals surface area contributed by atoms with Crippen LogP contribution in [0.15, 0.2) is 35.3 Å². The maximum atomic E-state index is 5.78. The van der Waals surface area contributed by atoms with Gasteiger partial charge in [0.05, 0.1) is 19.3 Å². The van der Waals surface area contributed by atoms with Crippen LogP contribution in [0.25, 0.3) is 0 Å². The molecule has 5 nitrogen and oxygen atoms in total. The van der Waals surface area contributed by atoms with Crippen LogP contribution in [0.4, 0.5) is 0 Å². The molecule has 1 aromatic rings. The molecule has 0 spiro atoms. The van der Waals surface area contributed by atoms with Crippen molar-refractivity contribution < 1.29 is 9.47 Å². The van der Waals surface area contributed by atoms with Gasteiger partial charge in [-0.2, -0.15) is 0 Å². The van der Waals surface area contributed by atoms with E-state index in [-0.39, 0.29) is 0 Å². The van der Waals surface area contributed by atoms with Crippen molar-refractivity contribution in [2.75, 3.05) is 32.8 Å². The van der Waals surface area contributed by atoms with Gasteiger partial charge in [0.2, 0.25) is 0 Å². The first kappa shape index (κ1) is 18.7. The summed E-state index contributed by atoms with van der Waals surface area (Å²) < 4.78 is 11.4. The number of aliphatic imine (C=N–C) groups is 1. The molecule has 1 aromatic carbocycles. The summed E-state index contributed by atoms with van der Waals surface area (Å²) in [5.74, 6) is 1.25. The van der Waals surface area contributed by atoms with Gasteiger partial charge in [-0.25, -0.2) is 0 Å². The molecule has 0 aliphatic carbocycles. The predicted octanol–water partition coefficient (Wildman–Crippen LogP) is 2.57. The van der Waals surface area contributed by atoms with E-state index in [1.165, 1.54) is 5.56 Å². The summed E-state index contributed by atoms with van der Waals surface area (Å²) in [7, 11) is 0. The highest BCUT2D eigenvalue weighted by atomic mass is 16.5. The fraction of sp³-hybridized carbons (Fsp3) is 0.632. The number of nitrogens with zero attached hydrogens (tertiary/aromatic N) is 1. The SMILES string of the molecule is CCNC(=NCC(C)COCc1ccccc1)NCC1CCCO1. The monoisotopic (exact) mass is 333 g/mol. The maximum Gasteiger partial charge on any atom is 0.191 e. The lowest BCUT2D eigenvalue weighted by Gasteiger charge is -2.16. The Hall–Kier alpha value is -1.59. The normalized spacial score (nSPS) is 19.2. The van der Waals surface area contributed by atoms with Crippen LogP contribution in [0.3, 0.4) is 0 Å². The molecule has 0 bridgehead atoms. The maximum absolute atomic E-state index is 5.78. The van der Waals surface area contributed by atoms with Gasteiger partial charge in [-0.15, -0.1) is 0 Å². The van der Waals surface area contributed by atoms with Crippen LogP contribution in [0.2, 0.25) is 0 Å². The zero-order valence-corrected chi connectivity index (χ0v) is 15.0. The van der Waals surface area contributed by atoms with E-state index in [4.69, 9.17) is 9.47 Å². The Bertz CT molecular complexity index is 473. The molecular formula is C19H31N3O2. The molecule has 2 rings (SSSR count). The van der Waals surface area contributed by atoms with E-state index >= 15 is 0 Å². The molecule has 0 saturated carbocycles. The molecule has 1 aliphatic heterocycles. The first-order chi connectivity index (χ1) is 11.8. The van der Waals surface area contributed by atoms with Gasteiger partial charge in [0.15, 0.2) is 5.96 Å². The van der Waals surface area contributed by atoms with Gasteiger partial charge in [-0.1, -0.05) is 37.3 Å². The first-order valence-electron chi connectivity index (χ1n) is 9.03. The van der Waals surface area contributed by atoms with Crippen molar-refractivity contribution in [3.8, 4) is 0 Å². The summed E-state index contributed by atoms with van der Waals surface area (Å²) in [5, 5.41) is 6.66. The first-order valence-corrected chi connectivity index (χ1v) is 9.03. The third kappa shape index (κ3) is 7.32. The average Bonchev–Trinajstić information content (AvgIpc) is 3.12. The molecule has 1 heterocycles. The zero-order chi connectivity index (χ0) is 17.0. The van der Waals surface area contributed by atoms with E-state index in [1.807, 2.05) is 18.2 Å². The number of hydrogen-bond acceptors (Lipinski definition) is 3. The highest BCUT2D eigenvalue weighted by molar-refractivity contribution is 5.79. The molecule has 5 heteroatoms. The van der Waals surface area contributed by atoms with Crippen molar-refractivity contribution >= 4 is 5.96 Å². The van der Waals surface area contributed by atoms with Gasteiger partial charge in [-0.3, -0.25) is 4.99 Å².